The lowest BCUT2D eigenvalue weighted by Crippen LogP contribution is -2.00. The van der Waals surface area contributed by atoms with E-state index in [0.717, 1.165) is 21.3 Å². The Kier molecular flexibility index (Phi) is 5.79. The van der Waals surface area contributed by atoms with Gasteiger partial charge < -0.3 is 4.74 Å². The van der Waals surface area contributed by atoms with Crippen LogP contribution in [0.5, 0.6) is 5.75 Å². The lowest BCUT2D eigenvalue weighted by molar-refractivity contribution is 0.337. The molecule has 0 aliphatic carbocycles. The molecule has 0 aliphatic heterocycles. The molecule has 0 saturated carbocycles. The summed E-state index contributed by atoms with van der Waals surface area (Å²) < 4.78 is 6.67. The Morgan fingerprint density at radius 1 is 1.10 bits per heavy atom. The molecule has 0 heterocycles. The molecule has 20 heavy (non-hydrogen) atoms. The minimum absolute atomic E-state index is 0.0636. The summed E-state index contributed by atoms with van der Waals surface area (Å²) in [6.45, 7) is 2.58. The van der Waals surface area contributed by atoms with E-state index in [9.17, 15) is 0 Å². The largest absolute Gasteiger partial charge is 0.494 e. The smallest absolute Gasteiger partial charge is 0.124 e. The van der Waals surface area contributed by atoms with E-state index in [-0.39, 0.29) is 4.83 Å². The van der Waals surface area contributed by atoms with Gasteiger partial charge in [-0.3, -0.25) is 0 Å². The number of rotatable bonds is 4. The van der Waals surface area contributed by atoms with Gasteiger partial charge >= 0.3 is 0 Å². The summed E-state index contributed by atoms with van der Waals surface area (Å²) >= 11 is 19.4. The summed E-state index contributed by atoms with van der Waals surface area (Å²) in [5.74, 6) is 0.837. The van der Waals surface area contributed by atoms with Crippen LogP contribution in [0.4, 0.5) is 0 Å². The zero-order valence-electron chi connectivity index (χ0n) is 10.7. The summed E-state index contributed by atoms with van der Waals surface area (Å²) in [6.07, 6.45) is 0. The van der Waals surface area contributed by atoms with Crippen molar-refractivity contribution in [1.29, 1.82) is 0 Å². The van der Waals surface area contributed by atoms with Gasteiger partial charge in [-0.25, -0.2) is 0 Å². The molecule has 1 nitrogen and oxygen atoms in total. The van der Waals surface area contributed by atoms with E-state index in [1.807, 2.05) is 37.3 Å². The minimum Gasteiger partial charge on any atom is -0.494 e. The summed E-state index contributed by atoms with van der Waals surface area (Å²) in [6, 6.07) is 11.4. The SMILES string of the molecule is CCOc1ccc(Br)cc1C(Br)c1ccc(Cl)cc1Cl. The molecule has 0 aliphatic rings. The maximum Gasteiger partial charge on any atom is 0.124 e. The van der Waals surface area contributed by atoms with Gasteiger partial charge in [0, 0.05) is 20.1 Å². The molecule has 2 aromatic carbocycles. The number of halogens is 4. The molecule has 0 fully saturated rings. The molecule has 0 amide bonds. The maximum absolute atomic E-state index is 6.28. The monoisotopic (exact) mass is 436 g/mol. The number of benzene rings is 2. The van der Waals surface area contributed by atoms with Gasteiger partial charge in [0.2, 0.25) is 0 Å². The van der Waals surface area contributed by atoms with E-state index in [0.29, 0.717) is 16.7 Å². The fourth-order valence-electron chi connectivity index (χ4n) is 1.88. The van der Waals surface area contributed by atoms with Gasteiger partial charge in [-0.1, -0.05) is 61.1 Å². The zero-order valence-corrected chi connectivity index (χ0v) is 15.4. The fraction of sp³-hybridized carbons (Fsp3) is 0.200. The summed E-state index contributed by atoms with van der Waals surface area (Å²) in [7, 11) is 0. The van der Waals surface area contributed by atoms with E-state index in [4.69, 9.17) is 27.9 Å². The van der Waals surface area contributed by atoms with Gasteiger partial charge in [0.15, 0.2) is 0 Å². The predicted octanol–water partition coefficient (Wildman–Crippen LogP) is 6.64. The first-order chi connectivity index (χ1) is 9.52. The van der Waals surface area contributed by atoms with Crippen molar-refractivity contribution < 1.29 is 4.74 Å². The van der Waals surface area contributed by atoms with Crippen molar-refractivity contribution in [2.45, 2.75) is 11.8 Å². The molecule has 0 bridgehead atoms. The second kappa shape index (κ2) is 7.17. The Morgan fingerprint density at radius 3 is 2.50 bits per heavy atom. The van der Waals surface area contributed by atoms with Gasteiger partial charge in [0.25, 0.3) is 0 Å². The summed E-state index contributed by atoms with van der Waals surface area (Å²) in [5, 5.41) is 1.25. The third-order valence-corrected chi connectivity index (χ3v) is 4.82. The Morgan fingerprint density at radius 2 is 1.85 bits per heavy atom. The third kappa shape index (κ3) is 3.70. The summed E-state index contributed by atoms with van der Waals surface area (Å²) in [4.78, 5) is -0.0636. The first-order valence-electron chi connectivity index (χ1n) is 6.04. The molecule has 1 unspecified atom stereocenters. The first kappa shape index (κ1) is 16.2. The van der Waals surface area contributed by atoms with Gasteiger partial charge in [0.05, 0.1) is 11.4 Å². The van der Waals surface area contributed by atoms with E-state index in [1.54, 1.807) is 6.07 Å². The molecular weight excluding hydrogens is 427 g/mol. The van der Waals surface area contributed by atoms with Crippen molar-refractivity contribution >= 4 is 55.1 Å². The van der Waals surface area contributed by atoms with Crippen molar-refractivity contribution in [3.05, 3.63) is 62.0 Å². The van der Waals surface area contributed by atoms with Gasteiger partial charge in [-0.2, -0.15) is 0 Å². The van der Waals surface area contributed by atoms with Crippen molar-refractivity contribution in [2.75, 3.05) is 6.61 Å². The van der Waals surface area contributed by atoms with Crippen LogP contribution in [0.25, 0.3) is 0 Å². The van der Waals surface area contributed by atoms with Crippen LogP contribution in [0.3, 0.4) is 0 Å². The van der Waals surface area contributed by atoms with Crippen LogP contribution in [0.1, 0.15) is 22.9 Å². The van der Waals surface area contributed by atoms with E-state index >= 15 is 0 Å². The highest BCUT2D eigenvalue weighted by Gasteiger charge is 2.18. The van der Waals surface area contributed by atoms with Crippen LogP contribution in [0.2, 0.25) is 10.0 Å². The van der Waals surface area contributed by atoms with Gasteiger partial charge in [-0.15, -0.1) is 0 Å². The molecule has 0 spiro atoms. The highest BCUT2D eigenvalue weighted by molar-refractivity contribution is 9.10. The van der Waals surface area contributed by atoms with Crippen LogP contribution in [-0.4, -0.2) is 6.61 Å². The zero-order chi connectivity index (χ0) is 14.7. The molecule has 0 radical (unpaired) electrons. The highest BCUT2D eigenvalue weighted by Crippen LogP contribution is 2.41. The normalized spacial score (nSPS) is 12.2. The van der Waals surface area contributed by atoms with Crippen LogP contribution in [-0.2, 0) is 0 Å². The quantitative estimate of drug-likeness (QED) is 0.486. The fourth-order valence-corrected chi connectivity index (χ4v) is 3.66. The Balaban J connectivity index is 2.46. The third-order valence-electron chi connectivity index (χ3n) is 2.78. The first-order valence-corrected chi connectivity index (χ1v) is 8.50. The van der Waals surface area contributed by atoms with E-state index in [2.05, 4.69) is 31.9 Å². The Labute approximate surface area is 145 Å². The lowest BCUT2D eigenvalue weighted by atomic mass is 10.0. The topological polar surface area (TPSA) is 9.23 Å². The highest BCUT2D eigenvalue weighted by atomic mass is 79.9. The van der Waals surface area contributed by atoms with Crippen LogP contribution in [0, 0.1) is 0 Å². The Hall–Kier alpha value is -0.220. The molecule has 1 atom stereocenters. The maximum atomic E-state index is 6.28. The molecule has 2 aromatic rings. The molecule has 0 aromatic heterocycles. The molecule has 106 valence electrons. The van der Waals surface area contributed by atoms with Gasteiger partial charge in [0.1, 0.15) is 5.75 Å². The second-order valence-corrected chi connectivity index (χ2v) is 6.82. The average molecular weight is 439 g/mol. The standard InChI is InChI=1S/C15H12Br2Cl2O/c1-2-20-14-6-3-9(16)7-12(14)15(17)11-5-4-10(18)8-13(11)19/h3-8,15H,2H2,1H3. The van der Waals surface area contributed by atoms with Crippen molar-refractivity contribution in [3.63, 3.8) is 0 Å². The van der Waals surface area contributed by atoms with Crippen molar-refractivity contribution in [2.24, 2.45) is 0 Å². The van der Waals surface area contributed by atoms with Gasteiger partial charge in [-0.05, 0) is 42.8 Å². The van der Waals surface area contributed by atoms with Crippen LogP contribution in [0.15, 0.2) is 40.9 Å². The summed E-state index contributed by atoms with van der Waals surface area (Å²) in [5.41, 5.74) is 1.97. The van der Waals surface area contributed by atoms with E-state index in [1.165, 1.54) is 0 Å². The van der Waals surface area contributed by atoms with E-state index < -0.39 is 0 Å². The molecule has 5 heteroatoms. The lowest BCUT2D eigenvalue weighted by Gasteiger charge is -2.17. The van der Waals surface area contributed by atoms with Crippen molar-refractivity contribution in [3.8, 4) is 5.75 Å². The number of hydrogen-bond acceptors (Lipinski definition) is 1. The van der Waals surface area contributed by atoms with Crippen molar-refractivity contribution in [1.82, 2.24) is 0 Å². The molecule has 0 N–H and O–H groups in total. The van der Waals surface area contributed by atoms with Crippen LogP contribution < -0.4 is 4.74 Å². The Bertz CT molecular complexity index is 617. The number of ether oxygens (including phenoxy) is 1. The number of alkyl halides is 1. The predicted molar refractivity (Wildman–Crippen MR) is 92.5 cm³/mol. The molecular formula is C15H12Br2Cl2O. The second-order valence-electron chi connectivity index (χ2n) is 4.14. The molecule has 2 rings (SSSR count). The number of hydrogen-bond donors (Lipinski definition) is 0. The molecule has 0 saturated heterocycles. The van der Waals surface area contributed by atoms with Crippen LogP contribution >= 0.6 is 55.1 Å². The minimum atomic E-state index is -0.0636. The average Bonchev–Trinajstić information content (AvgIpc) is 2.40.